The van der Waals surface area contributed by atoms with Crippen LogP contribution in [0.2, 0.25) is 0 Å². The van der Waals surface area contributed by atoms with Crippen LogP contribution in [0.3, 0.4) is 0 Å². The molecule has 0 bridgehead atoms. The Morgan fingerprint density at radius 2 is 1.93 bits per heavy atom. The quantitative estimate of drug-likeness (QED) is 0.651. The third-order valence-electron chi connectivity index (χ3n) is 5.25. The summed E-state index contributed by atoms with van der Waals surface area (Å²) < 4.78 is 1.88. The molecule has 8 heteroatoms. The van der Waals surface area contributed by atoms with Crippen LogP contribution in [-0.4, -0.2) is 40.3 Å². The zero-order chi connectivity index (χ0) is 20.4. The van der Waals surface area contributed by atoms with Gasteiger partial charge in [-0.15, -0.1) is 11.3 Å². The maximum atomic E-state index is 12.6. The summed E-state index contributed by atoms with van der Waals surface area (Å²) in [5.41, 5.74) is 6.50. The van der Waals surface area contributed by atoms with E-state index in [1.165, 1.54) is 11.3 Å². The average molecular weight is 410 g/mol. The molecule has 0 saturated carbocycles. The Hall–Kier alpha value is -3.13. The number of hydrogen-bond donors (Lipinski definition) is 2. The number of fused-ring (bicyclic) bond motifs is 1. The molecule has 3 heterocycles. The first kappa shape index (κ1) is 19.2. The number of aryl methyl sites for hydroxylation is 1. The van der Waals surface area contributed by atoms with Crippen LogP contribution < -0.4 is 10.9 Å². The summed E-state index contributed by atoms with van der Waals surface area (Å²) in [6, 6.07) is 11.2. The predicted octanol–water partition coefficient (Wildman–Crippen LogP) is 2.55. The topological polar surface area (TPSA) is 83.4 Å². The molecule has 4 rings (SSSR count). The van der Waals surface area contributed by atoms with Crippen LogP contribution >= 0.6 is 11.3 Å². The van der Waals surface area contributed by atoms with Crippen LogP contribution in [0, 0.1) is 5.92 Å². The Labute approximate surface area is 172 Å². The Morgan fingerprint density at radius 3 is 2.72 bits per heavy atom. The van der Waals surface area contributed by atoms with Crippen molar-refractivity contribution in [3.05, 3.63) is 58.4 Å². The maximum Gasteiger partial charge on any atom is 0.271 e. The van der Waals surface area contributed by atoms with Crippen LogP contribution in [0.25, 0.3) is 10.9 Å². The highest BCUT2D eigenvalue weighted by Crippen LogP contribution is 2.21. The zero-order valence-corrected chi connectivity index (χ0v) is 16.9. The number of piperidine rings is 1. The van der Waals surface area contributed by atoms with Gasteiger partial charge in [-0.25, -0.2) is 0 Å². The lowest BCUT2D eigenvalue weighted by Gasteiger charge is -2.31. The molecule has 1 saturated heterocycles. The molecular formula is C21H22N4O3S. The number of thiophene rings is 1. The molecule has 1 aliphatic heterocycles. The van der Waals surface area contributed by atoms with Crippen LogP contribution in [0.15, 0.2) is 48.0 Å². The van der Waals surface area contributed by atoms with Gasteiger partial charge >= 0.3 is 0 Å². The van der Waals surface area contributed by atoms with E-state index in [0.717, 1.165) is 17.3 Å². The second kappa shape index (κ2) is 8.08. The van der Waals surface area contributed by atoms with Crippen molar-refractivity contribution in [3.63, 3.8) is 0 Å². The van der Waals surface area contributed by atoms with E-state index in [0.29, 0.717) is 30.0 Å². The number of nitrogens with zero attached hydrogens (tertiary/aromatic N) is 2. The highest BCUT2D eigenvalue weighted by molar-refractivity contribution is 7.12. The van der Waals surface area contributed by atoms with Crippen molar-refractivity contribution in [2.75, 3.05) is 13.1 Å². The van der Waals surface area contributed by atoms with Crippen LogP contribution in [0.1, 0.15) is 32.9 Å². The monoisotopic (exact) mass is 410 g/mol. The van der Waals surface area contributed by atoms with Gasteiger partial charge in [0.1, 0.15) is 0 Å². The summed E-state index contributed by atoms with van der Waals surface area (Å²) in [6.07, 6.45) is 3.19. The lowest BCUT2D eigenvalue weighted by atomic mass is 9.97. The predicted molar refractivity (Wildman–Crippen MR) is 111 cm³/mol. The van der Waals surface area contributed by atoms with Gasteiger partial charge in [-0.1, -0.05) is 24.3 Å². The molecular weight excluding hydrogens is 388 g/mol. The van der Waals surface area contributed by atoms with Crippen LogP contribution in [0.5, 0.6) is 0 Å². The summed E-state index contributed by atoms with van der Waals surface area (Å²) in [7, 11) is 1.87. The van der Waals surface area contributed by atoms with E-state index < -0.39 is 0 Å². The number of hydrogen-bond acceptors (Lipinski definition) is 4. The van der Waals surface area contributed by atoms with Gasteiger partial charge in [0, 0.05) is 37.2 Å². The fourth-order valence-electron chi connectivity index (χ4n) is 3.74. The second-order valence-corrected chi connectivity index (χ2v) is 8.13. The minimum Gasteiger partial charge on any atom is -0.350 e. The first-order valence-electron chi connectivity index (χ1n) is 9.51. The fourth-order valence-corrected chi connectivity index (χ4v) is 4.43. The van der Waals surface area contributed by atoms with Crippen molar-refractivity contribution in [2.45, 2.75) is 12.8 Å². The number of carbonyl (C=O) groups excluding carboxylic acids is 3. The average Bonchev–Trinajstić information content (AvgIpc) is 3.40. The number of likely N-dealkylation sites (tertiary alicyclic amines) is 1. The Morgan fingerprint density at radius 1 is 1.10 bits per heavy atom. The molecule has 0 spiro atoms. The lowest BCUT2D eigenvalue weighted by molar-refractivity contribution is -0.127. The van der Waals surface area contributed by atoms with E-state index in [1.807, 2.05) is 47.3 Å². The van der Waals surface area contributed by atoms with Crippen molar-refractivity contribution in [3.8, 4) is 0 Å². The third kappa shape index (κ3) is 3.88. The molecule has 1 aromatic carbocycles. The number of amides is 3. The highest BCUT2D eigenvalue weighted by Gasteiger charge is 2.29. The van der Waals surface area contributed by atoms with Gasteiger partial charge in [-0.3, -0.25) is 25.2 Å². The number of carbonyl (C=O) groups is 3. The van der Waals surface area contributed by atoms with Gasteiger partial charge in [0.2, 0.25) is 5.91 Å². The molecule has 150 valence electrons. The van der Waals surface area contributed by atoms with E-state index in [2.05, 4.69) is 10.9 Å². The number of aromatic nitrogens is 1. The SMILES string of the molecule is Cn1cc(C(=O)NNC(=O)[C@H]2CCCN(C(=O)c3cccs3)C2)c2ccccc21. The molecule has 3 aromatic rings. The van der Waals surface area contributed by atoms with Crippen molar-refractivity contribution in [2.24, 2.45) is 13.0 Å². The second-order valence-electron chi connectivity index (χ2n) is 7.18. The molecule has 0 aliphatic carbocycles. The lowest BCUT2D eigenvalue weighted by Crippen LogP contribution is -2.50. The van der Waals surface area contributed by atoms with Crippen molar-refractivity contribution in [1.29, 1.82) is 0 Å². The largest absolute Gasteiger partial charge is 0.350 e. The van der Waals surface area contributed by atoms with Crippen molar-refractivity contribution < 1.29 is 14.4 Å². The smallest absolute Gasteiger partial charge is 0.271 e. The van der Waals surface area contributed by atoms with Gasteiger partial charge in [0.05, 0.1) is 16.4 Å². The minimum absolute atomic E-state index is 0.0442. The van der Waals surface area contributed by atoms with Crippen molar-refractivity contribution in [1.82, 2.24) is 20.3 Å². The molecule has 29 heavy (non-hydrogen) atoms. The number of rotatable bonds is 3. The summed E-state index contributed by atoms with van der Waals surface area (Å²) in [5, 5.41) is 2.69. The van der Waals surface area contributed by atoms with Gasteiger partial charge in [-0.05, 0) is 30.4 Å². The number of hydrazine groups is 1. The summed E-state index contributed by atoms with van der Waals surface area (Å²) in [4.78, 5) is 40.1. The molecule has 7 nitrogen and oxygen atoms in total. The van der Waals surface area contributed by atoms with Crippen molar-refractivity contribution >= 4 is 40.0 Å². The van der Waals surface area contributed by atoms with Crippen LogP contribution in [-0.2, 0) is 11.8 Å². The number of benzene rings is 1. The first-order valence-corrected chi connectivity index (χ1v) is 10.4. The summed E-state index contributed by atoms with van der Waals surface area (Å²) >= 11 is 1.40. The molecule has 0 radical (unpaired) electrons. The van der Waals surface area contributed by atoms with Gasteiger partial charge in [-0.2, -0.15) is 0 Å². The molecule has 0 unspecified atom stereocenters. The van der Waals surface area contributed by atoms with E-state index in [-0.39, 0.29) is 23.6 Å². The number of para-hydroxylation sites is 1. The first-order chi connectivity index (χ1) is 14.0. The normalized spacial score (nSPS) is 16.6. The van der Waals surface area contributed by atoms with Gasteiger partial charge < -0.3 is 9.47 Å². The zero-order valence-electron chi connectivity index (χ0n) is 16.1. The Kier molecular flexibility index (Phi) is 5.35. The van der Waals surface area contributed by atoms with E-state index >= 15 is 0 Å². The molecule has 2 aromatic heterocycles. The maximum absolute atomic E-state index is 12.6. The molecule has 1 atom stereocenters. The molecule has 1 fully saturated rings. The molecule has 2 N–H and O–H groups in total. The number of nitrogens with one attached hydrogen (secondary N) is 2. The third-order valence-corrected chi connectivity index (χ3v) is 6.11. The van der Waals surface area contributed by atoms with E-state index in [4.69, 9.17) is 0 Å². The van der Waals surface area contributed by atoms with Gasteiger partial charge in [0.25, 0.3) is 11.8 Å². The minimum atomic E-state index is -0.363. The molecule has 3 amide bonds. The summed E-state index contributed by atoms with van der Waals surface area (Å²) in [6.45, 7) is 0.996. The van der Waals surface area contributed by atoms with E-state index in [9.17, 15) is 14.4 Å². The molecule has 1 aliphatic rings. The standard InChI is InChI=1S/C21H22N4O3S/c1-24-13-16(15-7-2-3-8-17(15)24)20(27)23-22-19(26)14-6-4-10-25(12-14)21(28)18-9-5-11-29-18/h2-3,5,7-9,11,13-14H,4,6,10,12H2,1H3,(H,22,26)(H,23,27)/t14-/m0/s1. The van der Waals surface area contributed by atoms with Gasteiger partial charge in [0.15, 0.2) is 0 Å². The Bertz CT molecular complexity index is 1060. The fraction of sp³-hybridized carbons (Fsp3) is 0.286. The summed E-state index contributed by atoms with van der Waals surface area (Å²) in [5.74, 6) is -1.03. The van der Waals surface area contributed by atoms with E-state index in [1.54, 1.807) is 17.2 Å². The van der Waals surface area contributed by atoms with Crippen LogP contribution in [0.4, 0.5) is 0 Å². The highest BCUT2D eigenvalue weighted by atomic mass is 32.1. The Balaban J connectivity index is 1.37.